The minimum atomic E-state index is -0.783. The Labute approximate surface area is 517 Å². The second-order valence-electron chi connectivity index (χ2n) is 24.9. The highest BCUT2D eigenvalue weighted by Crippen LogP contribution is 2.18. The van der Waals surface area contributed by atoms with Crippen LogP contribution < -0.4 is 0 Å². The lowest BCUT2D eigenvalue weighted by Gasteiger charge is -2.18. The van der Waals surface area contributed by atoms with Crippen LogP contribution in [0.3, 0.4) is 0 Å². The van der Waals surface area contributed by atoms with Crippen LogP contribution in [0, 0.1) is 0 Å². The van der Waals surface area contributed by atoms with Gasteiger partial charge in [-0.25, -0.2) is 0 Å². The summed E-state index contributed by atoms with van der Waals surface area (Å²) in [5.74, 6) is -0.866. The summed E-state index contributed by atoms with van der Waals surface area (Å²) in [6.45, 7) is 6.66. The van der Waals surface area contributed by atoms with Crippen molar-refractivity contribution in [1.82, 2.24) is 0 Å². The molecule has 0 aliphatic carbocycles. The van der Waals surface area contributed by atoms with Crippen molar-refractivity contribution < 1.29 is 28.6 Å². The van der Waals surface area contributed by atoms with Crippen LogP contribution in [0.5, 0.6) is 0 Å². The lowest BCUT2D eigenvalue weighted by molar-refractivity contribution is -0.167. The first-order chi connectivity index (χ1) is 41.0. The summed E-state index contributed by atoms with van der Waals surface area (Å²) in [7, 11) is 0. The molecule has 1 unspecified atom stereocenters. The van der Waals surface area contributed by atoms with Gasteiger partial charge in [-0.2, -0.15) is 0 Å². The van der Waals surface area contributed by atoms with Gasteiger partial charge in [0.05, 0.1) is 0 Å². The van der Waals surface area contributed by atoms with E-state index in [2.05, 4.69) is 81.5 Å². The molecule has 0 radical (unpaired) electrons. The number of allylic oxidation sites excluding steroid dienone is 10. The zero-order chi connectivity index (χ0) is 59.9. The van der Waals surface area contributed by atoms with E-state index in [1.165, 1.54) is 263 Å². The van der Waals surface area contributed by atoms with Crippen LogP contribution in [-0.4, -0.2) is 37.2 Å². The predicted octanol–water partition coefficient (Wildman–Crippen LogP) is 25.5. The number of carbonyl (C=O) groups excluding carboxylic acids is 3. The molecule has 0 N–H and O–H groups in total. The van der Waals surface area contributed by atoms with Gasteiger partial charge in [-0.05, 0) is 89.9 Å². The molecule has 1 atom stereocenters. The summed E-state index contributed by atoms with van der Waals surface area (Å²) >= 11 is 0. The van der Waals surface area contributed by atoms with Crippen molar-refractivity contribution in [2.75, 3.05) is 13.2 Å². The zero-order valence-corrected chi connectivity index (χ0v) is 55.7. The molecular weight excluding hydrogens is 1020 g/mol. The summed E-state index contributed by atoms with van der Waals surface area (Å²) in [4.78, 5) is 38.5. The van der Waals surface area contributed by atoms with Crippen LogP contribution in [0.2, 0.25) is 0 Å². The van der Waals surface area contributed by atoms with Gasteiger partial charge in [0.15, 0.2) is 6.10 Å². The van der Waals surface area contributed by atoms with E-state index in [-0.39, 0.29) is 31.1 Å². The highest BCUT2D eigenvalue weighted by Gasteiger charge is 2.19. The van der Waals surface area contributed by atoms with Crippen LogP contribution in [0.25, 0.3) is 0 Å². The van der Waals surface area contributed by atoms with E-state index in [9.17, 15) is 14.4 Å². The fourth-order valence-corrected chi connectivity index (χ4v) is 11.0. The number of hydrogen-bond donors (Lipinski definition) is 0. The quantitative estimate of drug-likeness (QED) is 0.0261. The van der Waals surface area contributed by atoms with Crippen LogP contribution in [0.15, 0.2) is 60.8 Å². The van der Waals surface area contributed by atoms with Gasteiger partial charge in [0, 0.05) is 19.3 Å². The fourth-order valence-electron chi connectivity index (χ4n) is 11.0. The maximum atomic E-state index is 13.0. The molecule has 0 aliphatic rings. The predicted molar refractivity (Wildman–Crippen MR) is 362 cm³/mol. The van der Waals surface area contributed by atoms with E-state index in [1.807, 2.05) is 0 Å². The Morgan fingerprint density at radius 2 is 0.434 bits per heavy atom. The first kappa shape index (κ1) is 80.1. The largest absolute Gasteiger partial charge is 0.462 e. The van der Waals surface area contributed by atoms with Crippen molar-refractivity contribution in [3.8, 4) is 0 Å². The molecule has 0 aromatic heterocycles. The van der Waals surface area contributed by atoms with Crippen LogP contribution in [-0.2, 0) is 28.6 Å². The number of ether oxygens (including phenoxy) is 3. The molecule has 0 amide bonds. The standard InChI is InChI=1S/C77H140O6/c1-4-7-10-13-16-19-22-25-28-31-33-35-37-38-40-41-43-46-49-52-55-58-61-64-67-70-76(79)82-73-74(72-81-75(78)69-66-63-60-57-54-51-48-45-30-27-24-21-18-15-12-9-6-3)83-77(80)71-68-65-62-59-56-53-50-47-44-42-39-36-34-32-29-26-23-20-17-14-11-8-5-2/h18,21,23,26-27,30,32,34,39,42,74H,4-17,19-20,22,24-25,28-29,31,33,35-38,40-41,43-73H2,1-3H3/b21-18-,26-23-,30-27-,34-32-,42-39-. The second-order valence-corrected chi connectivity index (χ2v) is 24.9. The third kappa shape index (κ3) is 69.8. The van der Waals surface area contributed by atoms with Gasteiger partial charge in [0.1, 0.15) is 13.2 Å². The monoisotopic (exact) mass is 1160 g/mol. The highest BCUT2D eigenvalue weighted by molar-refractivity contribution is 5.71. The molecule has 0 saturated heterocycles. The average Bonchev–Trinajstić information content (AvgIpc) is 3.49. The normalized spacial score (nSPS) is 12.4. The topological polar surface area (TPSA) is 78.9 Å². The molecule has 0 heterocycles. The molecule has 0 rings (SSSR count). The molecule has 0 bridgehead atoms. The SMILES string of the molecule is CCCCC/C=C\C/C=C\CCCCCCCCCC(=O)OCC(COC(=O)CCCCCCCCCCCCCCCCCCCCCCCCCCC)OC(=O)CCCCCCCCCC/C=C\C/C=C\C/C=C\CCCCCCC. The van der Waals surface area contributed by atoms with Gasteiger partial charge in [0.25, 0.3) is 0 Å². The minimum Gasteiger partial charge on any atom is -0.462 e. The molecular formula is C77H140O6. The Balaban J connectivity index is 4.32. The second kappa shape index (κ2) is 71.6. The van der Waals surface area contributed by atoms with Gasteiger partial charge in [-0.3, -0.25) is 14.4 Å². The van der Waals surface area contributed by atoms with Gasteiger partial charge in [-0.15, -0.1) is 0 Å². The number of rotatable bonds is 68. The third-order valence-electron chi connectivity index (χ3n) is 16.5. The summed E-state index contributed by atoms with van der Waals surface area (Å²) < 4.78 is 17.0. The van der Waals surface area contributed by atoms with E-state index in [4.69, 9.17) is 14.2 Å². The lowest BCUT2D eigenvalue weighted by Crippen LogP contribution is -2.30. The summed E-state index contributed by atoms with van der Waals surface area (Å²) in [5.41, 5.74) is 0. The first-order valence-electron chi connectivity index (χ1n) is 36.8. The number of hydrogen-bond acceptors (Lipinski definition) is 6. The van der Waals surface area contributed by atoms with Crippen molar-refractivity contribution in [3.05, 3.63) is 60.8 Å². The number of esters is 3. The van der Waals surface area contributed by atoms with E-state index < -0.39 is 6.10 Å². The van der Waals surface area contributed by atoms with Crippen molar-refractivity contribution in [3.63, 3.8) is 0 Å². The summed E-state index contributed by atoms with van der Waals surface area (Å²) in [6.07, 6.45) is 92.5. The fraction of sp³-hybridized carbons (Fsp3) is 0.831. The van der Waals surface area contributed by atoms with Crippen molar-refractivity contribution in [2.45, 2.75) is 399 Å². The van der Waals surface area contributed by atoms with E-state index in [0.717, 1.165) is 89.9 Å². The van der Waals surface area contributed by atoms with E-state index >= 15 is 0 Å². The van der Waals surface area contributed by atoms with Crippen molar-refractivity contribution in [2.24, 2.45) is 0 Å². The molecule has 0 fully saturated rings. The molecule has 83 heavy (non-hydrogen) atoms. The first-order valence-corrected chi connectivity index (χ1v) is 36.8. The van der Waals surface area contributed by atoms with Crippen LogP contribution >= 0.6 is 0 Å². The molecule has 0 aromatic rings. The van der Waals surface area contributed by atoms with Gasteiger partial charge in [-0.1, -0.05) is 345 Å². The Morgan fingerprint density at radius 3 is 0.699 bits per heavy atom. The van der Waals surface area contributed by atoms with Crippen LogP contribution in [0.4, 0.5) is 0 Å². The maximum Gasteiger partial charge on any atom is 0.306 e. The van der Waals surface area contributed by atoms with E-state index in [1.54, 1.807) is 0 Å². The molecule has 0 aliphatic heterocycles. The summed E-state index contributed by atoms with van der Waals surface area (Å²) in [6, 6.07) is 0. The Kier molecular flexibility index (Phi) is 69.1. The third-order valence-corrected chi connectivity index (χ3v) is 16.5. The number of unbranched alkanes of at least 4 members (excludes halogenated alkanes) is 47. The van der Waals surface area contributed by atoms with Crippen LogP contribution in [0.1, 0.15) is 393 Å². The van der Waals surface area contributed by atoms with Crippen molar-refractivity contribution in [1.29, 1.82) is 0 Å². The van der Waals surface area contributed by atoms with Gasteiger partial charge in [0.2, 0.25) is 0 Å². The Hall–Kier alpha value is -2.89. The molecule has 0 spiro atoms. The molecule has 6 nitrogen and oxygen atoms in total. The molecule has 0 saturated carbocycles. The van der Waals surface area contributed by atoms with E-state index in [0.29, 0.717) is 19.3 Å². The number of carbonyl (C=O) groups is 3. The average molecular weight is 1160 g/mol. The van der Waals surface area contributed by atoms with Gasteiger partial charge >= 0.3 is 17.9 Å². The smallest absolute Gasteiger partial charge is 0.306 e. The van der Waals surface area contributed by atoms with Gasteiger partial charge < -0.3 is 14.2 Å². The van der Waals surface area contributed by atoms with Crippen molar-refractivity contribution >= 4 is 17.9 Å². The molecule has 0 aromatic carbocycles. The maximum absolute atomic E-state index is 13.0. The Bertz CT molecular complexity index is 1470. The molecule has 484 valence electrons. The minimum absolute atomic E-state index is 0.0761. The zero-order valence-electron chi connectivity index (χ0n) is 55.7. The molecule has 6 heteroatoms. The Morgan fingerprint density at radius 1 is 0.241 bits per heavy atom. The highest BCUT2D eigenvalue weighted by atomic mass is 16.6. The summed E-state index contributed by atoms with van der Waals surface area (Å²) in [5, 5.41) is 0. The lowest BCUT2D eigenvalue weighted by atomic mass is 10.0.